The van der Waals surface area contributed by atoms with Gasteiger partial charge in [0.2, 0.25) is 5.91 Å². The van der Waals surface area contributed by atoms with Gasteiger partial charge in [-0.3, -0.25) is 4.79 Å². The Bertz CT molecular complexity index is 671. The number of rotatable bonds is 6. The number of carbonyl (C=O) groups excluding carboxylic acids is 1. The van der Waals surface area contributed by atoms with Crippen molar-refractivity contribution in [2.45, 2.75) is 20.3 Å². The summed E-state index contributed by atoms with van der Waals surface area (Å²) in [6, 6.07) is 10.7. The van der Waals surface area contributed by atoms with E-state index in [4.69, 9.17) is 4.74 Å². The number of anilines is 1. The number of benzene rings is 2. The first-order valence-electron chi connectivity index (χ1n) is 7.52. The fraction of sp³-hybridized carbons (Fsp3) is 0.278. The highest BCUT2D eigenvalue weighted by molar-refractivity contribution is 5.94. The Labute approximate surface area is 134 Å². The van der Waals surface area contributed by atoms with E-state index in [1.807, 2.05) is 19.1 Å². The van der Waals surface area contributed by atoms with Gasteiger partial charge in [-0.25, -0.2) is 8.78 Å². The molecule has 0 fully saturated rings. The summed E-state index contributed by atoms with van der Waals surface area (Å²) in [6.45, 7) is 4.65. The number of likely N-dealkylation sites (N-methyl/N-ethyl adjacent to an activating group) is 1. The molecule has 0 bridgehead atoms. The Morgan fingerprint density at radius 1 is 1.04 bits per heavy atom. The van der Waals surface area contributed by atoms with Gasteiger partial charge in [-0.15, -0.1) is 0 Å². The number of nitrogens with zero attached hydrogens (tertiary/aromatic N) is 1. The van der Waals surface area contributed by atoms with Crippen LogP contribution in [0.15, 0.2) is 42.5 Å². The lowest BCUT2D eigenvalue weighted by molar-refractivity contribution is -0.117. The van der Waals surface area contributed by atoms with Gasteiger partial charge in [0, 0.05) is 18.3 Å². The molecule has 0 heterocycles. The third-order valence-electron chi connectivity index (χ3n) is 3.42. The molecule has 0 N–H and O–H groups in total. The molecule has 0 spiro atoms. The molecule has 0 unspecified atom stereocenters. The van der Waals surface area contributed by atoms with E-state index < -0.39 is 11.6 Å². The first kappa shape index (κ1) is 16.9. The molecule has 23 heavy (non-hydrogen) atoms. The van der Waals surface area contributed by atoms with Crippen molar-refractivity contribution in [3.05, 3.63) is 59.7 Å². The van der Waals surface area contributed by atoms with Gasteiger partial charge in [0.15, 0.2) is 11.6 Å². The normalized spacial score (nSPS) is 10.4. The Hall–Kier alpha value is -2.43. The Morgan fingerprint density at radius 3 is 2.30 bits per heavy atom. The van der Waals surface area contributed by atoms with Crippen molar-refractivity contribution >= 4 is 11.6 Å². The molecule has 122 valence electrons. The van der Waals surface area contributed by atoms with Crippen LogP contribution in [0.25, 0.3) is 0 Å². The van der Waals surface area contributed by atoms with Gasteiger partial charge >= 0.3 is 0 Å². The molecular weight excluding hydrogens is 300 g/mol. The van der Waals surface area contributed by atoms with Gasteiger partial charge in [0.05, 0.1) is 13.0 Å². The molecule has 0 radical (unpaired) electrons. The van der Waals surface area contributed by atoms with Crippen LogP contribution in [0.3, 0.4) is 0 Å². The molecule has 5 heteroatoms. The van der Waals surface area contributed by atoms with E-state index in [1.165, 1.54) is 11.0 Å². The third-order valence-corrected chi connectivity index (χ3v) is 3.42. The SMILES string of the molecule is CCOc1ccc(CC(=O)N(CC)c2ccc(F)c(F)c2)cc1. The summed E-state index contributed by atoms with van der Waals surface area (Å²) >= 11 is 0. The lowest BCUT2D eigenvalue weighted by Crippen LogP contribution is -2.32. The summed E-state index contributed by atoms with van der Waals surface area (Å²) in [5.74, 6) is -1.32. The molecule has 0 saturated heterocycles. The van der Waals surface area contributed by atoms with E-state index in [-0.39, 0.29) is 12.3 Å². The Kier molecular flexibility index (Phi) is 5.68. The van der Waals surface area contributed by atoms with Crippen LogP contribution < -0.4 is 9.64 Å². The van der Waals surface area contributed by atoms with Gasteiger partial charge in [0.1, 0.15) is 5.75 Å². The van der Waals surface area contributed by atoms with Crippen LogP contribution in [-0.2, 0) is 11.2 Å². The summed E-state index contributed by atoms with van der Waals surface area (Å²) in [6.07, 6.45) is 0.180. The molecule has 2 rings (SSSR count). The van der Waals surface area contributed by atoms with Crippen LogP contribution in [-0.4, -0.2) is 19.1 Å². The second kappa shape index (κ2) is 7.72. The van der Waals surface area contributed by atoms with Crippen molar-refractivity contribution in [1.82, 2.24) is 0 Å². The van der Waals surface area contributed by atoms with Crippen molar-refractivity contribution in [3.63, 3.8) is 0 Å². The van der Waals surface area contributed by atoms with Crippen LogP contribution in [0.1, 0.15) is 19.4 Å². The van der Waals surface area contributed by atoms with E-state index in [9.17, 15) is 13.6 Å². The van der Waals surface area contributed by atoms with Crippen LogP contribution in [0.5, 0.6) is 5.75 Å². The minimum atomic E-state index is -0.963. The summed E-state index contributed by atoms with van der Waals surface area (Å²) in [4.78, 5) is 13.9. The van der Waals surface area contributed by atoms with Crippen molar-refractivity contribution in [1.29, 1.82) is 0 Å². The summed E-state index contributed by atoms with van der Waals surface area (Å²) in [7, 11) is 0. The number of amides is 1. The molecule has 0 aliphatic heterocycles. The van der Waals surface area contributed by atoms with Crippen LogP contribution >= 0.6 is 0 Å². The van der Waals surface area contributed by atoms with E-state index in [2.05, 4.69) is 0 Å². The molecule has 0 aliphatic rings. The first-order chi connectivity index (χ1) is 11.0. The van der Waals surface area contributed by atoms with Crippen molar-refractivity contribution < 1.29 is 18.3 Å². The fourth-order valence-electron chi connectivity index (χ4n) is 2.30. The molecule has 0 aliphatic carbocycles. The summed E-state index contributed by atoms with van der Waals surface area (Å²) in [5, 5.41) is 0. The average molecular weight is 319 g/mol. The zero-order valence-corrected chi connectivity index (χ0v) is 13.2. The molecule has 0 saturated carbocycles. The number of hydrogen-bond donors (Lipinski definition) is 0. The van der Waals surface area contributed by atoms with Gasteiger partial charge in [0.25, 0.3) is 0 Å². The minimum absolute atomic E-state index is 0.178. The highest BCUT2D eigenvalue weighted by Crippen LogP contribution is 2.20. The van der Waals surface area contributed by atoms with Crippen molar-refractivity contribution in [2.24, 2.45) is 0 Å². The van der Waals surface area contributed by atoms with Gasteiger partial charge < -0.3 is 9.64 Å². The molecule has 0 atom stereocenters. The van der Waals surface area contributed by atoms with Crippen LogP contribution in [0.2, 0.25) is 0 Å². The van der Waals surface area contributed by atoms with E-state index in [0.29, 0.717) is 18.8 Å². The van der Waals surface area contributed by atoms with Crippen molar-refractivity contribution in [3.8, 4) is 5.75 Å². The maximum Gasteiger partial charge on any atom is 0.231 e. The predicted octanol–water partition coefficient (Wildman–Crippen LogP) is 3.96. The van der Waals surface area contributed by atoms with Gasteiger partial charge in [-0.1, -0.05) is 12.1 Å². The van der Waals surface area contributed by atoms with E-state index >= 15 is 0 Å². The molecule has 1 amide bonds. The van der Waals surface area contributed by atoms with E-state index in [0.717, 1.165) is 23.4 Å². The quantitative estimate of drug-likeness (QED) is 0.806. The number of hydrogen-bond acceptors (Lipinski definition) is 2. The first-order valence-corrected chi connectivity index (χ1v) is 7.52. The summed E-state index contributed by atoms with van der Waals surface area (Å²) < 4.78 is 31.7. The lowest BCUT2D eigenvalue weighted by Gasteiger charge is -2.21. The van der Waals surface area contributed by atoms with Gasteiger partial charge in [-0.05, 0) is 43.7 Å². The van der Waals surface area contributed by atoms with Crippen LogP contribution in [0, 0.1) is 11.6 Å². The Morgan fingerprint density at radius 2 is 1.74 bits per heavy atom. The number of halogens is 2. The zero-order valence-electron chi connectivity index (χ0n) is 13.2. The Balaban J connectivity index is 2.11. The summed E-state index contributed by atoms with van der Waals surface area (Å²) in [5.41, 5.74) is 1.18. The second-order valence-corrected chi connectivity index (χ2v) is 4.99. The highest BCUT2D eigenvalue weighted by Gasteiger charge is 2.16. The molecule has 2 aromatic carbocycles. The van der Waals surface area contributed by atoms with Crippen LogP contribution in [0.4, 0.5) is 14.5 Å². The van der Waals surface area contributed by atoms with Crippen molar-refractivity contribution in [2.75, 3.05) is 18.1 Å². The third kappa shape index (κ3) is 4.28. The largest absolute Gasteiger partial charge is 0.494 e. The molecular formula is C18H19F2NO2. The molecule has 0 aromatic heterocycles. The molecule has 3 nitrogen and oxygen atoms in total. The number of ether oxygens (including phenoxy) is 1. The second-order valence-electron chi connectivity index (χ2n) is 4.99. The lowest BCUT2D eigenvalue weighted by atomic mass is 10.1. The maximum absolute atomic E-state index is 13.4. The maximum atomic E-state index is 13.4. The predicted molar refractivity (Wildman–Crippen MR) is 85.7 cm³/mol. The average Bonchev–Trinajstić information content (AvgIpc) is 2.53. The smallest absolute Gasteiger partial charge is 0.231 e. The van der Waals surface area contributed by atoms with E-state index in [1.54, 1.807) is 19.1 Å². The topological polar surface area (TPSA) is 29.5 Å². The van der Waals surface area contributed by atoms with Gasteiger partial charge in [-0.2, -0.15) is 0 Å². The number of carbonyl (C=O) groups is 1. The highest BCUT2D eigenvalue weighted by atomic mass is 19.2. The zero-order chi connectivity index (χ0) is 16.8. The molecule has 2 aromatic rings. The minimum Gasteiger partial charge on any atom is -0.494 e. The monoisotopic (exact) mass is 319 g/mol. The standard InChI is InChI=1S/C18H19F2NO2/c1-3-21(14-7-10-16(19)17(20)12-14)18(22)11-13-5-8-15(9-6-13)23-4-2/h5-10,12H,3-4,11H2,1-2H3. The fourth-order valence-corrected chi connectivity index (χ4v) is 2.30.